The zero-order valence-corrected chi connectivity index (χ0v) is 14.8. The van der Waals surface area contributed by atoms with Gasteiger partial charge in [0.25, 0.3) is 10.0 Å². The summed E-state index contributed by atoms with van der Waals surface area (Å²) in [5, 5.41) is 3.17. The van der Waals surface area contributed by atoms with E-state index in [1.165, 1.54) is 7.11 Å². The van der Waals surface area contributed by atoms with Gasteiger partial charge in [0.15, 0.2) is 0 Å². The average molecular weight is 350 g/mol. The van der Waals surface area contributed by atoms with Crippen LogP contribution in [0.3, 0.4) is 0 Å². The molecule has 0 aliphatic carbocycles. The molecule has 0 amide bonds. The van der Waals surface area contributed by atoms with Gasteiger partial charge in [0, 0.05) is 25.0 Å². The summed E-state index contributed by atoms with van der Waals surface area (Å²) < 4.78 is 37.9. The first kappa shape index (κ1) is 18.1. The first-order valence-electron chi connectivity index (χ1n) is 7.46. The summed E-state index contributed by atoms with van der Waals surface area (Å²) in [7, 11) is -0.641. The number of aryl methyl sites for hydroxylation is 1. The van der Waals surface area contributed by atoms with Crippen molar-refractivity contribution in [3.05, 3.63) is 48.0 Å². The molecule has 0 aliphatic heterocycles. The summed E-state index contributed by atoms with van der Waals surface area (Å²) in [5.41, 5.74) is 2.22. The molecule has 0 spiro atoms. The number of nitrogens with one attached hydrogen (secondary N) is 2. The normalized spacial score (nSPS) is 11.1. The lowest BCUT2D eigenvalue weighted by Crippen LogP contribution is -2.14. The van der Waals surface area contributed by atoms with Gasteiger partial charge in [0.2, 0.25) is 0 Å². The summed E-state index contributed by atoms with van der Waals surface area (Å²) in [6, 6.07) is 12.1. The highest BCUT2D eigenvalue weighted by Gasteiger charge is 2.19. The van der Waals surface area contributed by atoms with E-state index in [4.69, 9.17) is 9.47 Å². The van der Waals surface area contributed by atoms with Gasteiger partial charge in [-0.15, -0.1) is 0 Å². The number of methoxy groups -OCH3 is 2. The molecule has 0 saturated carbocycles. The molecule has 6 nitrogen and oxygen atoms in total. The zero-order valence-electron chi connectivity index (χ0n) is 14.0. The third-order valence-electron chi connectivity index (χ3n) is 3.38. The molecule has 24 heavy (non-hydrogen) atoms. The molecule has 0 heterocycles. The van der Waals surface area contributed by atoms with Gasteiger partial charge in [-0.05, 0) is 48.9 Å². The number of benzene rings is 2. The van der Waals surface area contributed by atoms with Gasteiger partial charge in [-0.2, -0.15) is 0 Å². The standard InChI is InChI=1S/C17H22N2O4S/c1-13-4-9-16(23-3)17(12-13)24(20,21)19-15-7-5-14(6-8-15)18-10-11-22-2/h4-9,12,18-19H,10-11H2,1-3H3. The summed E-state index contributed by atoms with van der Waals surface area (Å²) >= 11 is 0. The van der Waals surface area contributed by atoms with Crippen molar-refractivity contribution < 1.29 is 17.9 Å². The predicted molar refractivity (Wildman–Crippen MR) is 95.3 cm³/mol. The van der Waals surface area contributed by atoms with Crippen LogP contribution in [0.5, 0.6) is 5.75 Å². The Morgan fingerprint density at radius 2 is 1.67 bits per heavy atom. The molecule has 130 valence electrons. The molecule has 0 unspecified atom stereocenters. The molecule has 0 fully saturated rings. The van der Waals surface area contributed by atoms with E-state index in [1.807, 2.05) is 6.92 Å². The maximum atomic E-state index is 12.6. The Kier molecular flexibility index (Phi) is 6.05. The van der Waals surface area contributed by atoms with Crippen molar-refractivity contribution >= 4 is 21.4 Å². The predicted octanol–water partition coefficient (Wildman–Crippen LogP) is 2.86. The molecule has 0 saturated heterocycles. The lowest BCUT2D eigenvalue weighted by atomic mass is 10.2. The molecule has 2 N–H and O–H groups in total. The van der Waals surface area contributed by atoms with E-state index in [-0.39, 0.29) is 4.90 Å². The Bertz CT molecular complexity index is 774. The van der Waals surface area contributed by atoms with Crippen molar-refractivity contribution in [2.24, 2.45) is 0 Å². The summed E-state index contributed by atoms with van der Waals surface area (Å²) in [6.07, 6.45) is 0. The molecule has 0 radical (unpaired) electrons. The summed E-state index contributed by atoms with van der Waals surface area (Å²) in [5.74, 6) is 0.311. The first-order valence-corrected chi connectivity index (χ1v) is 8.95. The van der Waals surface area contributed by atoms with E-state index in [1.54, 1.807) is 49.6 Å². The van der Waals surface area contributed by atoms with Gasteiger partial charge >= 0.3 is 0 Å². The maximum Gasteiger partial charge on any atom is 0.265 e. The molecule has 0 bridgehead atoms. The van der Waals surface area contributed by atoms with E-state index >= 15 is 0 Å². The van der Waals surface area contributed by atoms with Gasteiger partial charge in [-0.25, -0.2) is 8.42 Å². The van der Waals surface area contributed by atoms with E-state index in [9.17, 15) is 8.42 Å². The number of rotatable bonds is 8. The monoisotopic (exact) mass is 350 g/mol. The Morgan fingerprint density at radius 1 is 1.00 bits per heavy atom. The van der Waals surface area contributed by atoms with E-state index in [0.717, 1.165) is 11.3 Å². The molecule has 0 aromatic heterocycles. The van der Waals surface area contributed by atoms with Crippen molar-refractivity contribution in [3.63, 3.8) is 0 Å². The first-order chi connectivity index (χ1) is 11.5. The van der Waals surface area contributed by atoms with Gasteiger partial charge < -0.3 is 14.8 Å². The second-order valence-corrected chi connectivity index (χ2v) is 6.91. The highest BCUT2D eigenvalue weighted by atomic mass is 32.2. The Labute approximate surface area is 142 Å². The number of ether oxygens (including phenoxy) is 2. The van der Waals surface area contributed by atoms with Crippen molar-refractivity contribution in [2.45, 2.75) is 11.8 Å². The fourth-order valence-electron chi connectivity index (χ4n) is 2.16. The van der Waals surface area contributed by atoms with Crippen LogP contribution in [0.4, 0.5) is 11.4 Å². The van der Waals surface area contributed by atoms with Gasteiger partial charge in [-0.1, -0.05) is 6.07 Å². The second-order valence-electron chi connectivity index (χ2n) is 5.26. The lowest BCUT2D eigenvalue weighted by molar-refractivity contribution is 0.211. The van der Waals surface area contributed by atoms with Crippen LogP contribution in [0.25, 0.3) is 0 Å². The van der Waals surface area contributed by atoms with Crippen LogP contribution < -0.4 is 14.8 Å². The van der Waals surface area contributed by atoms with Crippen LogP contribution >= 0.6 is 0 Å². The van der Waals surface area contributed by atoms with Crippen LogP contribution in [-0.4, -0.2) is 35.8 Å². The van der Waals surface area contributed by atoms with Gasteiger partial charge in [-0.3, -0.25) is 4.72 Å². The van der Waals surface area contributed by atoms with Crippen LogP contribution in [0, 0.1) is 6.92 Å². The summed E-state index contributed by atoms with van der Waals surface area (Å²) in [6.45, 7) is 3.11. The fourth-order valence-corrected chi connectivity index (χ4v) is 3.47. The minimum absolute atomic E-state index is 0.118. The third-order valence-corrected chi connectivity index (χ3v) is 4.78. The van der Waals surface area contributed by atoms with E-state index < -0.39 is 10.0 Å². The summed E-state index contributed by atoms with van der Waals surface area (Å²) in [4.78, 5) is 0.118. The van der Waals surface area contributed by atoms with Gasteiger partial charge in [0.05, 0.1) is 13.7 Å². The number of sulfonamides is 1. The quantitative estimate of drug-likeness (QED) is 0.716. The Morgan fingerprint density at radius 3 is 2.29 bits per heavy atom. The number of anilines is 2. The van der Waals surface area contributed by atoms with Crippen molar-refractivity contribution in [1.29, 1.82) is 0 Å². The SMILES string of the molecule is COCCNc1ccc(NS(=O)(=O)c2cc(C)ccc2OC)cc1. The average Bonchev–Trinajstić information content (AvgIpc) is 2.56. The van der Waals surface area contributed by atoms with Crippen molar-refractivity contribution in [2.75, 3.05) is 37.4 Å². The second kappa shape index (κ2) is 8.03. The van der Waals surface area contributed by atoms with Crippen LogP contribution in [-0.2, 0) is 14.8 Å². The molecule has 2 rings (SSSR count). The molecule has 7 heteroatoms. The number of hydrogen-bond acceptors (Lipinski definition) is 5. The Balaban J connectivity index is 2.16. The molecular weight excluding hydrogens is 328 g/mol. The smallest absolute Gasteiger partial charge is 0.265 e. The zero-order chi connectivity index (χ0) is 17.6. The largest absolute Gasteiger partial charge is 0.495 e. The molecule has 0 aliphatic rings. The van der Waals surface area contributed by atoms with Crippen molar-refractivity contribution in [1.82, 2.24) is 0 Å². The van der Waals surface area contributed by atoms with Gasteiger partial charge in [0.1, 0.15) is 10.6 Å². The van der Waals surface area contributed by atoms with E-state index in [2.05, 4.69) is 10.0 Å². The lowest BCUT2D eigenvalue weighted by Gasteiger charge is -2.13. The highest BCUT2D eigenvalue weighted by molar-refractivity contribution is 7.92. The molecule has 2 aromatic carbocycles. The fraction of sp³-hybridized carbons (Fsp3) is 0.294. The maximum absolute atomic E-state index is 12.6. The molecule has 0 atom stereocenters. The Hall–Kier alpha value is -2.25. The van der Waals surface area contributed by atoms with Crippen LogP contribution in [0.1, 0.15) is 5.56 Å². The number of hydrogen-bond donors (Lipinski definition) is 2. The minimum atomic E-state index is -3.73. The third kappa shape index (κ3) is 4.62. The van der Waals surface area contributed by atoms with Crippen LogP contribution in [0.15, 0.2) is 47.4 Å². The van der Waals surface area contributed by atoms with E-state index in [0.29, 0.717) is 24.6 Å². The highest BCUT2D eigenvalue weighted by Crippen LogP contribution is 2.27. The molecule has 2 aromatic rings. The topological polar surface area (TPSA) is 76.7 Å². The molecular formula is C17H22N2O4S. The van der Waals surface area contributed by atoms with Crippen LogP contribution in [0.2, 0.25) is 0 Å². The minimum Gasteiger partial charge on any atom is -0.495 e. The van der Waals surface area contributed by atoms with Crippen molar-refractivity contribution in [3.8, 4) is 5.75 Å².